The summed E-state index contributed by atoms with van der Waals surface area (Å²) < 4.78 is 16.4. The van der Waals surface area contributed by atoms with Gasteiger partial charge in [-0.25, -0.2) is 4.79 Å². The van der Waals surface area contributed by atoms with Crippen molar-refractivity contribution < 1.29 is 18.8 Å². The van der Waals surface area contributed by atoms with Crippen LogP contribution in [0, 0.1) is 24.0 Å². The number of benzene rings is 2. The summed E-state index contributed by atoms with van der Waals surface area (Å²) >= 11 is 0. The average Bonchev–Trinajstić information content (AvgIpc) is 2.61. The van der Waals surface area contributed by atoms with Crippen LogP contribution >= 0.6 is 0 Å². The Morgan fingerprint density at radius 2 is 1.85 bits per heavy atom. The molecule has 0 aliphatic heterocycles. The van der Waals surface area contributed by atoms with Crippen molar-refractivity contribution in [1.29, 1.82) is 0 Å². The number of fused-ring (bicyclic) bond motifs is 1. The first kappa shape index (κ1) is 17.5. The number of hydrogen-bond acceptors (Lipinski definition) is 6. The Morgan fingerprint density at radius 3 is 2.54 bits per heavy atom. The molecule has 0 unspecified atom stereocenters. The van der Waals surface area contributed by atoms with Gasteiger partial charge >= 0.3 is 5.63 Å². The van der Waals surface area contributed by atoms with Crippen LogP contribution in [0.2, 0.25) is 0 Å². The molecule has 0 aliphatic carbocycles. The highest BCUT2D eigenvalue weighted by Crippen LogP contribution is 2.30. The zero-order valence-electron chi connectivity index (χ0n) is 14.6. The molecule has 0 radical (unpaired) electrons. The third kappa shape index (κ3) is 3.23. The molecule has 3 rings (SSSR count). The summed E-state index contributed by atoms with van der Waals surface area (Å²) in [4.78, 5) is 22.1. The van der Waals surface area contributed by atoms with Crippen LogP contribution in [0.25, 0.3) is 11.0 Å². The van der Waals surface area contributed by atoms with E-state index in [1.165, 1.54) is 31.4 Å². The Kier molecular flexibility index (Phi) is 4.62. The molecule has 134 valence electrons. The summed E-state index contributed by atoms with van der Waals surface area (Å²) in [5.74, 6) is 1.02. The van der Waals surface area contributed by atoms with Gasteiger partial charge in [0.25, 0.3) is 5.69 Å². The first-order valence-corrected chi connectivity index (χ1v) is 7.89. The number of rotatable bonds is 5. The van der Waals surface area contributed by atoms with Crippen molar-refractivity contribution in [3.8, 4) is 11.5 Å². The quantitative estimate of drug-likeness (QED) is 0.391. The molecule has 3 aromatic rings. The zero-order valence-corrected chi connectivity index (χ0v) is 14.6. The van der Waals surface area contributed by atoms with E-state index in [0.717, 1.165) is 10.9 Å². The molecule has 0 N–H and O–H groups in total. The van der Waals surface area contributed by atoms with E-state index in [9.17, 15) is 14.9 Å². The van der Waals surface area contributed by atoms with E-state index < -0.39 is 10.5 Å². The van der Waals surface area contributed by atoms with Crippen LogP contribution in [0.1, 0.15) is 16.7 Å². The van der Waals surface area contributed by atoms with Crippen LogP contribution in [0.4, 0.5) is 5.69 Å². The molecule has 1 heterocycles. The summed E-state index contributed by atoms with van der Waals surface area (Å²) in [6, 6.07) is 9.37. The van der Waals surface area contributed by atoms with E-state index in [0.29, 0.717) is 28.2 Å². The van der Waals surface area contributed by atoms with Crippen LogP contribution in [0.3, 0.4) is 0 Å². The van der Waals surface area contributed by atoms with E-state index in [4.69, 9.17) is 13.9 Å². The Bertz CT molecular complexity index is 1050. The molecule has 0 saturated heterocycles. The van der Waals surface area contributed by atoms with Crippen LogP contribution in [0.15, 0.2) is 45.6 Å². The summed E-state index contributed by atoms with van der Waals surface area (Å²) in [6.07, 6.45) is 0. The highest BCUT2D eigenvalue weighted by atomic mass is 16.6. The number of nitro groups is 1. The SMILES string of the molecule is COc1ccc([N+](=O)[O-])cc1COc1ccc2c(C)cc(=O)oc2c1C. The molecule has 0 amide bonds. The molecule has 0 spiro atoms. The minimum absolute atomic E-state index is 0.0405. The highest BCUT2D eigenvalue weighted by Gasteiger charge is 2.14. The number of nitrogens with zero attached hydrogens (tertiary/aromatic N) is 1. The Hall–Kier alpha value is -3.35. The van der Waals surface area contributed by atoms with Gasteiger partial charge < -0.3 is 13.9 Å². The second kappa shape index (κ2) is 6.87. The molecule has 0 aliphatic rings. The van der Waals surface area contributed by atoms with Gasteiger partial charge in [-0.15, -0.1) is 0 Å². The minimum atomic E-state index is -0.471. The van der Waals surface area contributed by atoms with Gasteiger partial charge in [-0.1, -0.05) is 0 Å². The van der Waals surface area contributed by atoms with Crippen molar-refractivity contribution in [2.45, 2.75) is 20.5 Å². The van der Waals surface area contributed by atoms with Gasteiger partial charge in [0, 0.05) is 34.7 Å². The fourth-order valence-corrected chi connectivity index (χ4v) is 2.80. The minimum Gasteiger partial charge on any atom is -0.496 e. The lowest BCUT2D eigenvalue weighted by molar-refractivity contribution is -0.385. The Balaban J connectivity index is 1.95. The van der Waals surface area contributed by atoms with E-state index >= 15 is 0 Å². The standard InChI is InChI=1S/C19H17NO6/c1-11-8-18(21)26-19-12(2)16(7-5-15(11)19)25-10-13-9-14(20(22)23)4-6-17(13)24-3/h4-9H,10H2,1-3H3. The molecule has 26 heavy (non-hydrogen) atoms. The first-order chi connectivity index (χ1) is 12.4. The van der Waals surface area contributed by atoms with E-state index in [2.05, 4.69) is 0 Å². The van der Waals surface area contributed by atoms with E-state index in [1.807, 2.05) is 13.0 Å². The maximum Gasteiger partial charge on any atom is 0.336 e. The second-order valence-corrected chi connectivity index (χ2v) is 5.86. The molecule has 7 heteroatoms. The molecule has 0 saturated carbocycles. The summed E-state index contributed by atoms with van der Waals surface area (Å²) in [7, 11) is 1.49. The molecule has 7 nitrogen and oxygen atoms in total. The fraction of sp³-hybridized carbons (Fsp3) is 0.211. The summed E-state index contributed by atoms with van der Waals surface area (Å²) in [5, 5.41) is 11.8. The van der Waals surface area contributed by atoms with Crippen LogP contribution in [-0.4, -0.2) is 12.0 Å². The van der Waals surface area contributed by atoms with Gasteiger partial charge in [-0.3, -0.25) is 10.1 Å². The smallest absolute Gasteiger partial charge is 0.336 e. The van der Waals surface area contributed by atoms with Crippen molar-refractivity contribution in [1.82, 2.24) is 0 Å². The van der Waals surface area contributed by atoms with Crippen molar-refractivity contribution in [2.75, 3.05) is 7.11 Å². The van der Waals surface area contributed by atoms with Gasteiger partial charge in [-0.2, -0.15) is 0 Å². The average molecular weight is 355 g/mol. The number of non-ortho nitro benzene ring substituents is 1. The molecule has 2 aromatic carbocycles. The molecule has 0 atom stereocenters. The molecule has 0 bridgehead atoms. The zero-order chi connectivity index (χ0) is 18.8. The molecular weight excluding hydrogens is 338 g/mol. The third-order valence-corrected chi connectivity index (χ3v) is 4.18. The van der Waals surface area contributed by atoms with E-state index in [-0.39, 0.29) is 12.3 Å². The fourth-order valence-electron chi connectivity index (χ4n) is 2.80. The van der Waals surface area contributed by atoms with Gasteiger partial charge in [0.15, 0.2) is 0 Å². The van der Waals surface area contributed by atoms with Crippen molar-refractivity contribution >= 4 is 16.7 Å². The lowest BCUT2D eigenvalue weighted by Gasteiger charge is -2.13. The van der Waals surface area contributed by atoms with Crippen LogP contribution in [-0.2, 0) is 6.61 Å². The number of nitro benzene ring substituents is 1. The lowest BCUT2D eigenvalue weighted by Crippen LogP contribution is -2.03. The van der Waals surface area contributed by atoms with Gasteiger partial charge in [0.2, 0.25) is 0 Å². The lowest BCUT2D eigenvalue weighted by atomic mass is 10.1. The Morgan fingerprint density at radius 1 is 1.12 bits per heavy atom. The number of aryl methyl sites for hydroxylation is 2. The normalized spacial score (nSPS) is 10.7. The maximum absolute atomic E-state index is 11.6. The largest absolute Gasteiger partial charge is 0.496 e. The van der Waals surface area contributed by atoms with Gasteiger partial charge in [0.05, 0.1) is 12.0 Å². The Labute approximate surface area is 148 Å². The number of hydrogen-bond donors (Lipinski definition) is 0. The number of methoxy groups -OCH3 is 1. The topological polar surface area (TPSA) is 91.8 Å². The molecular formula is C19H17NO6. The maximum atomic E-state index is 11.6. The van der Waals surface area contributed by atoms with Crippen LogP contribution in [0.5, 0.6) is 11.5 Å². The van der Waals surface area contributed by atoms with Crippen molar-refractivity contribution in [3.05, 3.63) is 73.6 Å². The van der Waals surface area contributed by atoms with Crippen molar-refractivity contribution in [2.24, 2.45) is 0 Å². The van der Waals surface area contributed by atoms with E-state index in [1.54, 1.807) is 13.0 Å². The number of ether oxygens (including phenoxy) is 2. The molecule has 0 fully saturated rings. The highest BCUT2D eigenvalue weighted by molar-refractivity contribution is 5.84. The first-order valence-electron chi connectivity index (χ1n) is 7.89. The predicted molar refractivity (Wildman–Crippen MR) is 95.9 cm³/mol. The third-order valence-electron chi connectivity index (χ3n) is 4.18. The molecule has 1 aromatic heterocycles. The predicted octanol–water partition coefficient (Wildman–Crippen LogP) is 3.91. The van der Waals surface area contributed by atoms with Crippen molar-refractivity contribution in [3.63, 3.8) is 0 Å². The monoisotopic (exact) mass is 355 g/mol. The van der Waals surface area contributed by atoms with Crippen LogP contribution < -0.4 is 15.1 Å². The van der Waals surface area contributed by atoms with Gasteiger partial charge in [0.1, 0.15) is 23.7 Å². The summed E-state index contributed by atoms with van der Waals surface area (Å²) in [6.45, 7) is 3.71. The van der Waals surface area contributed by atoms with Gasteiger partial charge in [-0.05, 0) is 37.6 Å². The summed E-state index contributed by atoms with van der Waals surface area (Å²) in [5.41, 5.74) is 2.07. The second-order valence-electron chi connectivity index (χ2n) is 5.86.